The summed E-state index contributed by atoms with van der Waals surface area (Å²) >= 11 is 5.74. The van der Waals surface area contributed by atoms with E-state index in [4.69, 9.17) is 11.6 Å². The van der Waals surface area contributed by atoms with Crippen LogP contribution in [-0.4, -0.2) is 5.78 Å². The molecule has 0 N–H and O–H groups in total. The molecule has 1 nitrogen and oxygen atoms in total. The first-order valence-electron chi connectivity index (χ1n) is 5.70. The molecule has 0 aliphatic carbocycles. The minimum Gasteiger partial charge on any atom is -0.294 e. The minimum atomic E-state index is -0.622. The quantitative estimate of drug-likeness (QED) is 0.764. The maximum Gasteiger partial charge on any atom is 0.170 e. The van der Waals surface area contributed by atoms with E-state index in [1.807, 2.05) is 0 Å². The number of benzene rings is 2. The Labute approximate surface area is 114 Å². The van der Waals surface area contributed by atoms with Gasteiger partial charge in [-0.15, -0.1) is 0 Å². The summed E-state index contributed by atoms with van der Waals surface area (Å²) in [7, 11) is 0. The SMILES string of the molecule is Cc1ccc(F)cc1CC(=O)c1cc(Cl)ccc1F. The standard InChI is InChI=1S/C15H11ClF2O/c1-9-2-4-12(17)6-10(9)7-15(19)13-8-11(16)3-5-14(13)18/h2-6,8H,7H2,1H3. The summed E-state index contributed by atoms with van der Waals surface area (Å²) in [5.74, 6) is -1.46. The zero-order valence-corrected chi connectivity index (χ0v) is 11.0. The molecule has 0 heterocycles. The van der Waals surface area contributed by atoms with Crippen LogP contribution in [0.15, 0.2) is 36.4 Å². The number of carbonyl (C=O) groups is 1. The van der Waals surface area contributed by atoms with Crippen LogP contribution >= 0.6 is 11.6 Å². The molecule has 2 rings (SSSR count). The average molecular weight is 281 g/mol. The first-order valence-corrected chi connectivity index (χ1v) is 6.08. The second kappa shape index (κ2) is 5.49. The van der Waals surface area contributed by atoms with E-state index < -0.39 is 17.4 Å². The lowest BCUT2D eigenvalue weighted by Gasteiger charge is -2.06. The maximum absolute atomic E-state index is 13.5. The van der Waals surface area contributed by atoms with Gasteiger partial charge in [0.25, 0.3) is 0 Å². The van der Waals surface area contributed by atoms with Gasteiger partial charge in [0.15, 0.2) is 5.78 Å². The molecule has 0 bridgehead atoms. The minimum absolute atomic E-state index is 0.0547. The number of Topliss-reactive ketones (excluding diaryl/α,β-unsaturated/α-hetero) is 1. The van der Waals surface area contributed by atoms with Gasteiger partial charge >= 0.3 is 0 Å². The summed E-state index contributed by atoms with van der Waals surface area (Å²) in [5.41, 5.74) is 1.26. The average Bonchev–Trinajstić information content (AvgIpc) is 2.36. The fourth-order valence-corrected chi connectivity index (χ4v) is 1.98. The molecule has 0 saturated carbocycles. The fourth-order valence-electron chi connectivity index (χ4n) is 1.81. The van der Waals surface area contributed by atoms with Crippen molar-refractivity contribution in [2.24, 2.45) is 0 Å². The van der Waals surface area contributed by atoms with Crippen molar-refractivity contribution in [1.82, 2.24) is 0 Å². The van der Waals surface area contributed by atoms with E-state index >= 15 is 0 Å². The van der Waals surface area contributed by atoms with E-state index in [1.165, 1.54) is 24.3 Å². The smallest absolute Gasteiger partial charge is 0.170 e. The van der Waals surface area contributed by atoms with Crippen LogP contribution in [0.3, 0.4) is 0 Å². The highest BCUT2D eigenvalue weighted by Crippen LogP contribution is 2.18. The summed E-state index contributed by atoms with van der Waals surface area (Å²) in [6, 6.07) is 8.01. The third-order valence-electron chi connectivity index (χ3n) is 2.89. The Hall–Kier alpha value is -1.74. The molecule has 0 aromatic heterocycles. The van der Waals surface area contributed by atoms with Crippen LogP contribution in [0.4, 0.5) is 8.78 Å². The number of halogens is 3. The molecule has 0 amide bonds. The van der Waals surface area contributed by atoms with Crippen molar-refractivity contribution in [3.05, 3.63) is 69.7 Å². The molecule has 0 saturated heterocycles. The van der Waals surface area contributed by atoms with Crippen LogP contribution in [-0.2, 0) is 6.42 Å². The summed E-state index contributed by atoms with van der Waals surface area (Å²) < 4.78 is 26.7. The molecule has 0 radical (unpaired) electrons. The Morgan fingerprint density at radius 2 is 1.89 bits per heavy atom. The van der Waals surface area contributed by atoms with E-state index in [0.29, 0.717) is 10.6 Å². The number of hydrogen-bond donors (Lipinski definition) is 0. The van der Waals surface area contributed by atoms with Gasteiger partial charge in [0.05, 0.1) is 5.56 Å². The summed E-state index contributed by atoms with van der Waals surface area (Å²) in [5, 5.41) is 0.292. The highest BCUT2D eigenvalue weighted by atomic mass is 35.5. The highest BCUT2D eigenvalue weighted by molar-refractivity contribution is 6.31. The van der Waals surface area contributed by atoms with Crippen LogP contribution in [0.25, 0.3) is 0 Å². The normalized spacial score (nSPS) is 10.5. The third-order valence-corrected chi connectivity index (χ3v) is 3.13. The molecule has 2 aromatic carbocycles. The fraction of sp³-hybridized carbons (Fsp3) is 0.133. The van der Waals surface area contributed by atoms with E-state index in [9.17, 15) is 13.6 Å². The monoisotopic (exact) mass is 280 g/mol. The highest BCUT2D eigenvalue weighted by Gasteiger charge is 2.14. The molecular formula is C15H11ClF2O. The predicted molar refractivity (Wildman–Crippen MR) is 70.6 cm³/mol. The number of hydrogen-bond acceptors (Lipinski definition) is 1. The number of aryl methyl sites for hydroxylation is 1. The molecule has 4 heteroatoms. The lowest BCUT2D eigenvalue weighted by molar-refractivity contribution is 0.0989. The van der Waals surface area contributed by atoms with Gasteiger partial charge in [0.1, 0.15) is 11.6 Å². The third kappa shape index (κ3) is 3.18. The zero-order valence-electron chi connectivity index (χ0n) is 10.2. The molecule has 0 atom stereocenters. The maximum atomic E-state index is 13.5. The summed E-state index contributed by atoms with van der Waals surface area (Å²) in [6.07, 6.45) is -0.0547. The second-order valence-corrected chi connectivity index (χ2v) is 4.73. The van der Waals surface area contributed by atoms with E-state index in [1.54, 1.807) is 13.0 Å². The summed E-state index contributed by atoms with van der Waals surface area (Å²) in [4.78, 5) is 12.0. The zero-order chi connectivity index (χ0) is 14.0. The van der Waals surface area contributed by atoms with Gasteiger partial charge in [-0.3, -0.25) is 4.79 Å². The van der Waals surface area contributed by atoms with Crippen LogP contribution in [0.1, 0.15) is 21.5 Å². The van der Waals surface area contributed by atoms with Crippen LogP contribution < -0.4 is 0 Å². The largest absolute Gasteiger partial charge is 0.294 e. The Morgan fingerprint density at radius 1 is 1.16 bits per heavy atom. The Kier molecular flexibility index (Phi) is 3.96. The van der Waals surface area contributed by atoms with Gasteiger partial charge in [-0.1, -0.05) is 17.7 Å². The van der Waals surface area contributed by atoms with E-state index in [0.717, 1.165) is 11.6 Å². The number of carbonyl (C=O) groups excluding carboxylic acids is 1. The number of ketones is 1. The van der Waals surface area contributed by atoms with Crippen molar-refractivity contribution in [2.75, 3.05) is 0 Å². The molecule has 2 aromatic rings. The van der Waals surface area contributed by atoms with Gasteiger partial charge in [-0.05, 0) is 48.4 Å². The first kappa shape index (κ1) is 13.7. The van der Waals surface area contributed by atoms with Crippen LogP contribution in [0.5, 0.6) is 0 Å². The summed E-state index contributed by atoms with van der Waals surface area (Å²) in [6.45, 7) is 1.77. The van der Waals surface area contributed by atoms with Crippen LogP contribution in [0.2, 0.25) is 5.02 Å². The Bertz CT molecular complexity index is 638. The van der Waals surface area contributed by atoms with Gasteiger partial charge in [-0.2, -0.15) is 0 Å². The Balaban J connectivity index is 2.30. The molecule has 0 unspecified atom stereocenters. The number of rotatable bonds is 3. The molecule has 19 heavy (non-hydrogen) atoms. The molecule has 0 spiro atoms. The van der Waals surface area contributed by atoms with Crippen molar-refractivity contribution in [1.29, 1.82) is 0 Å². The van der Waals surface area contributed by atoms with Gasteiger partial charge in [0.2, 0.25) is 0 Å². The molecule has 98 valence electrons. The van der Waals surface area contributed by atoms with Crippen LogP contribution in [0, 0.1) is 18.6 Å². The molecular weight excluding hydrogens is 270 g/mol. The van der Waals surface area contributed by atoms with Gasteiger partial charge in [0, 0.05) is 11.4 Å². The molecule has 0 fully saturated rings. The second-order valence-electron chi connectivity index (χ2n) is 4.29. The molecule has 0 aliphatic rings. The topological polar surface area (TPSA) is 17.1 Å². The van der Waals surface area contributed by atoms with Crippen molar-refractivity contribution >= 4 is 17.4 Å². The van der Waals surface area contributed by atoms with Crippen molar-refractivity contribution < 1.29 is 13.6 Å². The van der Waals surface area contributed by atoms with E-state index in [-0.39, 0.29) is 12.0 Å². The molecule has 0 aliphatic heterocycles. The Morgan fingerprint density at radius 3 is 2.63 bits per heavy atom. The van der Waals surface area contributed by atoms with Crippen molar-refractivity contribution in [3.63, 3.8) is 0 Å². The van der Waals surface area contributed by atoms with Crippen molar-refractivity contribution in [3.8, 4) is 0 Å². The predicted octanol–water partition coefficient (Wildman–Crippen LogP) is 4.35. The lowest BCUT2D eigenvalue weighted by Crippen LogP contribution is -2.07. The van der Waals surface area contributed by atoms with Gasteiger partial charge in [-0.25, -0.2) is 8.78 Å². The first-order chi connectivity index (χ1) is 8.97. The van der Waals surface area contributed by atoms with Crippen molar-refractivity contribution in [2.45, 2.75) is 13.3 Å². The van der Waals surface area contributed by atoms with E-state index in [2.05, 4.69) is 0 Å². The van der Waals surface area contributed by atoms with Gasteiger partial charge < -0.3 is 0 Å². The lowest BCUT2D eigenvalue weighted by atomic mass is 9.99.